The van der Waals surface area contributed by atoms with Crippen LogP contribution >= 0.6 is 0 Å². The average Bonchev–Trinajstić information content (AvgIpc) is 3.05. The number of anilines is 1. The molecule has 3 rings (SSSR count). The largest absolute Gasteiger partial charge is 0.453 e. The third-order valence-corrected chi connectivity index (χ3v) is 3.80. The van der Waals surface area contributed by atoms with E-state index >= 15 is 0 Å². The number of hydrogen-bond acceptors (Lipinski definition) is 6. The number of benzene rings is 2. The molecule has 0 aliphatic rings. The Morgan fingerprint density at radius 3 is 2.48 bits per heavy atom. The second kappa shape index (κ2) is 7.69. The van der Waals surface area contributed by atoms with Crippen LogP contribution in [0.3, 0.4) is 0 Å². The van der Waals surface area contributed by atoms with Crippen LogP contribution in [0.2, 0.25) is 0 Å². The molecule has 0 aliphatic carbocycles. The van der Waals surface area contributed by atoms with E-state index in [0.717, 1.165) is 4.57 Å². The van der Waals surface area contributed by atoms with Crippen molar-refractivity contribution in [3.63, 3.8) is 0 Å². The van der Waals surface area contributed by atoms with Crippen LogP contribution in [0.1, 0.15) is 22.8 Å². The van der Waals surface area contributed by atoms with Crippen LogP contribution in [0.15, 0.2) is 48.5 Å². The second-order valence-electron chi connectivity index (χ2n) is 5.48. The molecule has 138 valence electrons. The number of methoxy groups -OCH3 is 1. The van der Waals surface area contributed by atoms with Crippen LogP contribution in [0.25, 0.3) is 11.0 Å². The first-order valence-electron chi connectivity index (χ1n) is 8.19. The maximum absolute atomic E-state index is 12.6. The van der Waals surface area contributed by atoms with Crippen molar-refractivity contribution in [3.05, 3.63) is 59.7 Å². The van der Waals surface area contributed by atoms with Crippen molar-refractivity contribution in [2.45, 2.75) is 6.92 Å². The summed E-state index contributed by atoms with van der Waals surface area (Å²) in [5.74, 6) is -0.231. The van der Waals surface area contributed by atoms with Gasteiger partial charge in [-0.25, -0.2) is 19.1 Å². The Balaban J connectivity index is 2.07. The zero-order chi connectivity index (χ0) is 19.4. The van der Waals surface area contributed by atoms with Gasteiger partial charge in [-0.3, -0.25) is 10.1 Å². The van der Waals surface area contributed by atoms with Crippen molar-refractivity contribution in [1.82, 2.24) is 9.55 Å². The number of nitrogens with zero attached hydrogens (tertiary/aromatic N) is 2. The number of rotatable bonds is 4. The summed E-state index contributed by atoms with van der Waals surface area (Å²) < 4.78 is 10.7. The quantitative estimate of drug-likeness (QED) is 0.709. The van der Waals surface area contributed by atoms with Crippen molar-refractivity contribution < 1.29 is 23.9 Å². The number of carbonyl (C=O) groups excluding carboxylic acids is 3. The number of aromatic nitrogens is 2. The van der Waals surface area contributed by atoms with E-state index in [0.29, 0.717) is 22.2 Å². The highest BCUT2D eigenvalue weighted by Crippen LogP contribution is 2.23. The van der Waals surface area contributed by atoms with Gasteiger partial charge >= 0.3 is 12.2 Å². The molecule has 0 aliphatic heterocycles. The number of ketones is 1. The summed E-state index contributed by atoms with van der Waals surface area (Å²) in [7, 11) is 1.20. The molecule has 0 unspecified atom stereocenters. The highest BCUT2D eigenvalue weighted by molar-refractivity contribution is 6.10. The van der Waals surface area contributed by atoms with Crippen molar-refractivity contribution in [2.24, 2.45) is 0 Å². The summed E-state index contributed by atoms with van der Waals surface area (Å²) in [5.41, 5.74) is 1.70. The fourth-order valence-electron chi connectivity index (χ4n) is 2.58. The molecule has 8 heteroatoms. The van der Waals surface area contributed by atoms with Gasteiger partial charge in [0.15, 0.2) is 5.78 Å². The van der Waals surface area contributed by atoms with Crippen molar-refractivity contribution in [1.29, 1.82) is 0 Å². The molecule has 0 fully saturated rings. The van der Waals surface area contributed by atoms with Crippen molar-refractivity contribution in [2.75, 3.05) is 19.0 Å². The summed E-state index contributed by atoms with van der Waals surface area (Å²) >= 11 is 0. The molecule has 1 N–H and O–H groups in total. The van der Waals surface area contributed by atoms with Gasteiger partial charge in [-0.2, -0.15) is 0 Å². The lowest BCUT2D eigenvalue weighted by molar-refractivity contribution is 0.103. The third-order valence-electron chi connectivity index (χ3n) is 3.80. The predicted octanol–water partition coefficient (Wildman–Crippen LogP) is 3.45. The van der Waals surface area contributed by atoms with Crippen LogP contribution < -0.4 is 5.32 Å². The van der Waals surface area contributed by atoms with Crippen LogP contribution in [0.5, 0.6) is 0 Å². The van der Waals surface area contributed by atoms with Gasteiger partial charge < -0.3 is 9.47 Å². The number of fused-ring (bicyclic) bond motifs is 1. The monoisotopic (exact) mass is 367 g/mol. The molecule has 0 spiro atoms. The van der Waals surface area contributed by atoms with E-state index in [-0.39, 0.29) is 18.3 Å². The highest BCUT2D eigenvalue weighted by atomic mass is 16.6. The third kappa shape index (κ3) is 3.64. The molecule has 1 aromatic heterocycles. The Morgan fingerprint density at radius 1 is 1.07 bits per heavy atom. The van der Waals surface area contributed by atoms with Gasteiger partial charge in [-0.05, 0) is 25.1 Å². The minimum absolute atomic E-state index is 0.0559. The zero-order valence-electron chi connectivity index (χ0n) is 14.8. The molecule has 27 heavy (non-hydrogen) atoms. The number of hydrogen-bond donors (Lipinski definition) is 1. The Labute approximate surface area is 154 Å². The Bertz CT molecular complexity index is 1010. The van der Waals surface area contributed by atoms with Crippen LogP contribution in [0, 0.1) is 0 Å². The lowest BCUT2D eigenvalue weighted by atomic mass is 10.0. The molecular weight excluding hydrogens is 350 g/mol. The van der Waals surface area contributed by atoms with Crippen molar-refractivity contribution >= 4 is 35.0 Å². The van der Waals surface area contributed by atoms with Crippen LogP contribution in [0.4, 0.5) is 15.5 Å². The molecule has 0 atom stereocenters. The van der Waals surface area contributed by atoms with E-state index in [2.05, 4.69) is 15.0 Å². The number of amides is 1. The van der Waals surface area contributed by atoms with Gasteiger partial charge in [0, 0.05) is 11.1 Å². The molecule has 3 aromatic rings. The molecule has 0 saturated carbocycles. The summed E-state index contributed by atoms with van der Waals surface area (Å²) in [6, 6.07) is 13.5. The maximum Gasteiger partial charge on any atom is 0.421 e. The molecule has 1 heterocycles. The lowest BCUT2D eigenvalue weighted by Crippen LogP contribution is -2.20. The Morgan fingerprint density at radius 2 is 1.81 bits per heavy atom. The summed E-state index contributed by atoms with van der Waals surface area (Å²) in [6.45, 7) is 1.82. The molecule has 0 radical (unpaired) electrons. The normalized spacial score (nSPS) is 10.4. The Hall–Kier alpha value is -3.68. The fourth-order valence-corrected chi connectivity index (χ4v) is 2.58. The molecule has 0 bridgehead atoms. The minimum atomic E-state index is -0.781. The van der Waals surface area contributed by atoms with Crippen LogP contribution in [-0.2, 0) is 9.47 Å². The van der Waals surface area contributed by atoms with Crippen molar-refractivity contribution in [3.8, 4) is 0 Å². The van der Waals surface area contributed by atoms with Gasteiger partial charge in [-0.15, -0.1) is 0 Å². The fraction of sp³-hybridized carbons (Fsp3) is 0.158. The number of nitrogens with one attached hydrogen (secondary N) is 1. The van der Waals surface area contributed by atoms with Gasteiger partial charge in [-0.1, -0.05) is 30.3 Å². The second-order valence-corrected chi connectivity index (χ2v) is 5.48. The van der Waals surface area contributed by atoms with Gasteiger partial charge in [0.05, 0.1) is 24.8 Å². The van der Waals surface area contributed by atoms with Gasteiger partial charge in [0.1, 0.15) is 0 Å². The molecule has 0 saturated heterocycles. The number of imidazole rings is 1. The number of carbonyl (C=O) groups is 3. The zero-order valence-corrected chi connectivity index (χ0v) is 14.8. The minimum Gasteiger partial charge on any atom is -0.453 e. The first-order chi connectivity index (χ1) is 13.0. The van der Waals surface area contributed by atoms with Gasteiger partial charge in [0.25, 0.3) is 0 Å². The predicted molar refractivity (Wildman–Crippen MR) is 98.1 cm³/mol. The topological polar surface area (TPSA) is 99.5 Å². The van der Waals surface area contributed by atoms with E-state index in [1.54, 1.807) is 49.4 Å². The summed E-state index contributed by atoms with van der Waals surface area (Å²) in [6.07, 6.45) is -1.48. The molecule has 8 nitrogen and oxygen atoms in total. The highest BCUT2D eigenvalue weighted by Gasteiger charge is 2.21. The summed E-state index contributed by atoms with van der Waals surface area (Å²) in [5, 5.41) is 2.37. The standard InChI is InChI=1S/C19H17N3O5/c1-3-27-19(25)22-15-10-9-13(16(23)12-7-5-4-6-8-12)11-14(15)20-17(22)21-18(24)26-2/h4-11H,3H2,1-2H3,(H,20,21,24). The van der Waals surface area contributed by atoms with E-state index in [1.807, 2.05) is 6.07 Å². The molecule has 2 aromatic carbocycles. The first-order valence-corrected chi connectivity index (χ1v) is 8.19. The lowest BCUT2D eigenvalue weighted by Gasteiger charge is -2.08. The summed E-state index contributed by atoms with van der Waals surface area (Å²) in [4.78, 5) is 40.7. The SMILES string of the molecule is CCOC(=O)n1c(NC(=O)OC)nc2cc(C(=O)c3ccccc3)ccc21. The maximum atomic E-state index is 12.6. The average molecular weight is 367 g/mol. The smallest absolute Gasteiger partial charge is 0.421 e. The molecular formula is C19H17N3O5. The van der Waals surface area contributed by atoms with E-state index in [9.17, 15) is 14.4 Å². The van der Waals surface area contributed by atoms with E-state index in [1.165, 1.54) is 7.11 Å². The molecule has 1 amide bonds. The van der Waals surface area contributed by atoms with E-state index < -0.39 is 12.2 Å². The first kappa shape index (κ1) is 18.1. The van der Waals surface area contributed by atoms with Crippen LogP contribution in [-0.4, -0.2) is 41.2 Å². The number of ether oxygens (including phenoxy) is 2. The van der Waals surface area contributed by atoms with E-state index in [4.69, 9.17) is 4.74 Å². The van der Waals surface area contributed by atoms with Gasteiger partial charge in [0.2, 0.25) is 5.95 Å². The Kier molecular flexibility index (Phi) is 5.16.